The minimum Gasteiger partial charge on any atom is -0.138 e. The smallest absolute Gasteiger partial charge is 0.110 e. The lowest BCUT2D eigenvalue weighted by molar-refractivity contribution is 0.581. The zero-order valence-corrected chi connectivity index (χ0v) is 13.2. The van der Waals surface area contributed by atoms with E-state index in [1.165, 1.54) is 32.9 Å². The van der Waals surface area contributed by atoms with E-state index in [1.54, 1.807) is 0 Å². The summed E-state index contributed by atoms with van der Waals surface area (Å²) in [4.78, 5) is 0. The number of rotatable bonds is 0. The van der Waals surface area contributed by atoms with Gasteiger partial charge in [-0.1, -0.05) is 52.1 Å². The summed E-state index contributed by atoms with van der Waals surface area (Å²) in [5, 5.41) is 4.39. The first-order chi connectivity index (χ1) is 8.12. The largest absolute Gasteiger partial charge is 0.138 e. The second-order valence-electron chi connectivity index (χ2n) is 7.07. The van der Waals surface area contributed by atoms with E-state index >= 15 is 0 Å². The van der Waals surface area contributed by atoms with Crippen LogP contribution in [0.25, 0.3) is 10.2 Å². The molecule has 18 heavy (non-hydrogen) atoms. The van der Waals surface area contributed by atoms with Crippen molar-refractivity contribution in [1.29, 1.82) is 0 Å². The monoisotopic (exact) mass is 262 g/mol. The van der Waals surface area contributed by atoms with Gasteiger partial charge in [0.15, 0.2) is 0 Å². The molecule has 0 N–H and O–H groups in total. The normalized spacial score (nSPS) is 13.3. The standard InChI is InChI=1S/C15H22N2S/c1-9-8-10(14(2,3)4)13-12(16-17-18-13)11(9)15(5,6)7/h8H,1-7H3. The zero-order valence-electron chi connectivity index (χ0n) is 12.4. The van der Waals surface area contributed by atoms with Crippen LogP contribution in [-0.2, 0) is 10.8 Å². The van der Waals surface area contributed by atoms with Gasteiger partial charge in [-0.2, -0.15) is 0 Å². The van der Waals surface area contributed by atoms with Gasteiger partial charge in [-0.15, -0.1) is 5.10 Å². The molecule has 0 fully saturated rings. The van der Waals surface area contributed by atoms with Crippen molar-refractivity contribution in [3.63, 3.8) is 0 Å². The number of aryl methyl sites for hydroxylation is 1. The number of fused-ring (bicyclic) bond motifs is 1. The highest BCUT2D eigenvalue weighted by atomic mass is 32.1. The Morgan fingerprint density at radius 3 is 2.11 bits per heavy atom. The average Bonchev–Trinajstić information content (AvgIpc) is 2.60. The number of aromatic nitrogens is 2. The summed E-state index contributed by atoms with van der Waals surface area (Å²) in [7, 11) is 0. The van der Waals surface area contributed by atoms with Crippen molar-refractivity contribution in [2.75, 3.05) is 0 Å². The molecule has 0 bridgehead atoms. The molecule has 0 radical (unpaired) electrons. The molecule has 0 spiro atoms. The van der Waals surface area contributed by atoms with Crippen LogP contribution in [0.1, 0.15) is 58.2 Å². The fourth-order valence-electron chi connectivity index (χ4n) is 2.58. The SMILES string of the molecule is Cc1cc(C(C)(C)C)c2snnc2c1C(C)(C)C. The zero-order chi connectivity index (χ0) is 13.7. The molecule has 1 aromatic carbocycles. The maximum atomic E-state index is 4.39. The summed E-state index contributed by atoms with van der Waals surface area (Å²) in [5.74, 6) is 0. The van der Waals surface area contributed by atoms with Gasteiger partial charge in [0.05, 0.1) is 4.70 Å². The molecule has 0 saturated carbocycles. The Balaban J connectivity index is 2.87. The molecule has 3 heteroatoms. The number of benzene rings is 1. The molecule has 0 aliphatic heterocycles. The first kappa shape index (κ1) is 13.5. The van der Waals surface area contributed by atoms with Crippen LogP contribution in [0, 0.1) is 6.92 Å². The summed E-state index contributed by atoms with van der Waals surface area (Å²) in [6, 6.07) is 2.32. The highest BCUT2D eigenvalue weighted by Crippen LogP contribution is 2.39. The molecule has 0 unspecified atom stereocenters. The van der Waals surface area contributed by atoms with E-state index in [2.05, 4.69) is 64.1 Å². The maximum absolute atomic E-state index is 4.39. The second kappa shape index (κ2) is 4.02. The van der Waals surface area contributed by atoms with Crippen LogP contribution in [0.2, 0.25) is 0 Å². The number of hydrogen-bond acceptors (Lipinski definition) is 3. The van der Waals surface area contributed by atoms with E-state index in [0.717, 1.165) is 5.52 Å². The molecular formula is C15H22N2S. The summed E-state index contributed by atoms with van der Waals surface area (Å²) < 4.78 is 5.43. The van der Waals surface area contributed by atoms with Crippen molar-refractivity contribution in [2.45, 2.75) is 59.3 Å². The Morgan fingerprint density at radius 1 is 1.00 bits per heavy atom. The third-order valence-electron chi connectivity index (χ3n) is 3.28. The predicted molar refractivity (Wildman–Crippen MR) is 79.6 cm³/mol. The summed E-state index contributed by atoms with van der Waals surface area (Å²) >= 11 is 1.52. The predicted octanol–water partition coefficient (Wildman–Crippen LogP) is 4.59. The molecule has 1 heterocycles. The van der Waals surface area contributed by atoms with E-state index in [4.69, 9.17) is 0 Å². The Bertz CT molecular complexity index is 583. The lowest BCUT2D eigenvalue weighted by Gasteiger charge is -2.26. The Hall–Kier alpha value is -0.960. The molecule has 0 amide bonds. The third-order valence-corrected chi connectivity index (χ3v) is 4.04. The van der Waals surface area contributed by atoms with Crippen LogP contribution in [0.5, 0.6) is 0 Å². The van der Waals surface area contributed by atoms with Crippen LogP contribution >= 0.6 is 11.5 Å². The van der Waals surface area contributed by atoms with Crippen molar-refractivity contribution in [3.8, 4) is 0 Å². The van der Waals surface area contributed by atoms with E-state index < -0.39 is 0 Å². The van der Waals surface area contributed by atoms with Gasteiger partial charge in [0.2, 0.25) is 0 Å². The van der Waals surface area contributed by atoms with Crippen LogP contribution in [0.15, 0.2) is 6.07 Å². The summed E-state index contributed by atoms with van der Waals surface area (Å²) in [5.41, 5.74) is 5.35. The van der Waals surface area contributed by atoms with E-state index in [1.807, 2.05) is 0 Å². The lowest BCUT2D eigenvalue weighted by atomic mass is 9.79. The molecular weight excluding hydrogens is 240 g/mol. The van der Waals surface area contributed by atoms with Crippen molar-refractivity contribution >= 4 is 21.7 Å². The molecule has 98 valence electrons. The Morgan fingerprint density at radius 2 is 1.61 bits per heavy atom. The van der Waals surface area contributed by atoms with Gasteiger partial charge in [0, 0.05) is 0 Å². The molecule has 0 aliphatic carbocycles. The molecule has 0 saturated heterocycles. The second-order valence-corrected chi connectivity index (χ2v) is 7.82. The minimum atomic E-state index is 0.106. The fourth-order valence-corrected chi connectivity index (χ4v) is 3.47. The summed E-state index contributed by atoms with van der Waals surface area (Å²) in [6.45, 7) is 15.7. The fraction of sp³-hybridized carbons (Fsp3) is 0.600. The first-order valence-corrected chi connectivity index (χ1v) is 7.16. The molecule has 0 atom stereocenters. The van der Waals surface area contributed by atoms with Crippen LogP contribution in [-0.4, -0.2) is 9.59 Å². The molecule has 2 aromatic rings. The molecule has 2 rings (SSSR count). The quantitative estimate of drug-likeness (QED) is 0.693. The maximum Gasteiger partial charge on any atom is 0.110 e. The average molecular weight is 262 g/mol. The number of nitrogens with zero attached hydrogens (tertiary/aromatic N) is 2. The molecule has 1 aromatic heterocycles. The van der Waals surface area contributed by atoms with Crippen LogP contribution in [0.3, 0.4) is 0 Å². The van der Waals surface area contributed by atoms with E-state index in [9.17, 15) is 0 Å². The van der Waals surface area contributed by atoms with Gasteiger partial charge in [0.1, 0.15) is 5.52 Å². The topological polar surface area (TPSA) is 25.8 Å². The van der Waals surface area contributed by atoms with Gasteiger partial charge in [-0.05, 0) is 46.0 Å². The molecule has 2 nitrogen and oxygen atoms in total. The lowest BCUT2D eigenvalue weighted by Crippen LogP contribution is -2.17. The van der Waals surface area contributed by atoms with Gasteiger partial charge >= 0.3 is 0 Å². The van der Waals surface area contributed by atoms with Crippen molar-refractivity contribution in [1.82, 2.24) is 9.59 Å². The van der Waals surface area contributed by atoms with E-state index in [-0.39, 0.29) is 10.8 Å². The van der Waals surface area contributed by atoms with E-state index in [0.29, 0.717) is 0 Å². The van der Waals surface area contributed by atoms with Crippen LogP contribution < -0.4 is 0 Å². The Kier molecular flexibility index (Phi) is 3.01. The van der Waals surface area contributed by atoms with Crippen LogP contribution in [0.4, 0.5) is 0 Å². The number of hydrogen-bond donors (Lipinski definition) is 0. The minimum absolute atomic E-state index is 0.106. The van der Waals surface area contributed by atoms with Gasteiger partial charge in [-0.25, -0.2) is 0 Å². The Labute approximate surface area is 114 Å². The highest BCUT2D eigenvalue weighted by molar-refractivity contribution is 7.13. The van der Waals surface area contributed by atoms with Crippen molar-refractivity contribution < 1.29 is 0 Å². The molecule has 0 aliphatic rings. The van der Waals surface area contributed by atoms with Crippen molar-refractivity contribution in [3.05, 3.63) is 22.8 Å². The van der Waals surface area contributed by atoms with Gasteiger partial charge in [-0.3, -0.25) is 0 Å². The highest BCUT2D eigenvalue weighted by Gasteiger charge is 2.26. The third kappa shape index (κ3) is 2.16. The summed E-state index contributed by atoms with van der Waals surface area (Å²) in [6.07, 6.45) is 0. The van der Waals surface area contributed by atoms with Gasteiger partial charge in [0.25, 0.3) is 0 Å². The van der Waals surface area contributed by atoms with Gasteiger partial charge < -0.3 is 0 Å². The van der Waals surface area contributed by atoms with Crippen molar-refractivity contribution in [2.24, 2.45) is 0 Å². The first-order valence-electron chi connectivity index (χ1n) is 6.39.